The summed E-state index contributed by atoms with van der Waals surface area (Å²) in [5.41, 5.74) is 10.4. The molecule has 32 heavy (non-hydrogen) atoms. The Balaban J connectivity index is 2.14. The number of carboxylic acid groups (broad SMARTS) is 1. The molecule has 0 saturated heterocycles. The zero-order valence-corrected chi connectivity index (χ0v) is 18.8. The molecule has 0 aliphatic rings. The molecule has 0 saturated carbocycles. The van der Waals surface area contributed by atoms with Crippen LogP contribution in [-0.4, -0.2) is 35.9 Å². The molecule has 2 rings (SSSR count). The molecule has 0 atom stereocenters. The summed E-state index contributed by atoms with van der Waals surface area (Å²) >= 11 is 0. The highest BCUT2D eigenvalue weighted by molar-refractivity contribution is 5.95. The van der Waals surface area contributed by atoms with Crippen LogP contribution in [0, 0.1) is 31.1 Å². The SMILES string of the molecule is CCCC(=O)N(CCC(=O)O)c1cc(C)c(C#CCNc2ccc(C(=N)N)cc2)cc1C. The number of benzene rings is 2. The van der Waals surface area contributed by atoms with Gasteiger partial charge in [-0.3, -0.25) is 15.0 Å². The molecule has 2 aromatic carbocycles. The molecule has 0 aromatic heterocycles. The topological polar surface area (TPSA) is 120 Å². The van der Waals surface area contributed by atoms with Crippen molar-refractivity contribution in [2.24, 2.45) is 5.73 Å². The van der Waals surface area contributed by atoms with Crippen molar-refractivity contribution < 1.29 is 14.7 Å². The number of anilines is 2. The number of carbonyl (C=O) groups is 2. The van der Waals surface area contributed by atoms with Gasteiger partial charge >= 0.3 is 5.97 Å². The van der Waals surface area contributed by atoms with Crippen LogP contribution >= 0.6 is 0 Å². The summed E-state index contributed by atoms with van der Waals surface area (Å²) < 4.78 is 0. The number of amides is 1. The van der Waals surface area contributed by atoms with Gasteiger partial charge in [0.25, 0.3) is 0 Å². The predicted molar refractivity (Wildman–Crippen MR) is 128 cm³/mol. The number of carbonyl (C=O) groups excluding carboxylic acids is 1. The number of carboxylic acids is 1. The first-order chi connectivity index (χ1) is 15.2. The number of amidine groups is 1. The van der Waals surface area contributed by atoms with E-state index in [2.05, 4.69) is 17.2 Å². The second-order valence-corrected chi connectivity index (χ2v) is 7.54. The van der Waals surface area contributed by atoms with Crippen LogP contribution in [0.3, 0.4) is 0 Å². The Labute approximate surface area is 189 Å². The molecule has 1 amide bonds. The van der Waals surface area contributed by atoms with Crippen molar-refractivity contribution in [1.82, 2.24) is 0 Å². The van der Waals surface area contributed by atoms with Gasteiger partial charge in [-0.05, 0) is 67.8 Å². The van der Waals surface area contributed by atoms with Crippen LogP contribution < -0.4 is 16.0 Å². The highest BCUT2D eigenvalue weighted by Gasteiger charge is 2.19. The van der Waals surface area contributed by atoms with E-state index in [0.717, 1.165) is 28.1 Å². The Morgan fingerprint density at radius 3 is 2.41 bits per heavy atom. The maximum absolute atomic E-state index is 12.6. The first-order valence-electron chi connectivity index (χ1n) is 10.5. The molecule has 0 fully saturated rings. The molecule has 0 aliphatic heterocycles. The predicted octanol–water partition coefficient (Wildman–Crippen LogP) is 3.66. The Morgan fingerprint density at radius 2 is 1.81 bits per heavy atom. The minimum Gasteiger partial charge on any atom is -0.481 e. The fourth-order valence-electron chi connectivity index (χ4n) is 3.22. The van der Waals surface area contributed by atoms with E-state index in [-0.39, 0.29) is 24.7 Å². The van der Waals surface area contributed by atoms with Crippen molar-refractivity contribution in [3.8, 4) is 11.8 Å². The van der Waals surface area contributed by atoms with E-state index in [9.17, 15) is 9.59 Å². The molecule has 0 heterocycles. The molecule has 7 heteroatoms. The minimum atomic E-state index is -0.931. The molecular weight excluding hydrogens is 404 g/mol. The number of rotatable bonds is 9. The Hall–Kier alpha value is -3.79. The second kappa shape index (κ2) is 11.6. The number of nitrogens with one attached hydrogen (secondary N) is 2. The van der Waals surface area contributed by atoms with E-state index in [0.29, 0.717) is 24.9 Å². The van der Waals surface area contributed by atoms with Crippen molar-refractivity contribution in [2.75, 3.05) is 23.3 Å². The highest BCUT2D eigenvalue weighted by Crippen LogP contribution is 2.25. The van der Waals surface area contributed by atoms with Crippen LogP contribution in [0.1, 0.15) is 48.4 Å². The molecule has 2 aromatic rings. The molecule has 0 aliphatic carbocycles. The van der Waals surface area contributed by atoms with Gasteiger partial charge in [0.2, 0.25) is 5.91 Å². The van der Waals surface area contributed by atoms with Crippen LogP contribution in [-0.2, 0) is 9.59 Å². The second-order valence-electron chi connectivity index (χ2n) is 7.54. The third kappa shape index (κ3) is 6.88. The van der Waals surface area contributed by atoms with Crippen LogP contribution in [0.5, 0.6) is 0 Å². The number of hydrogen-bond acceptors (Lipinski definition) is 4. The molecule has 0 spiro atoms. The fraction of sp³-hybridized carbons (Fsp3) is 0.320. The average molecular weight is 435 g/mol. The van der Waals surface area contributed by atoms with Crippen LogP contribution in [0.2, 0.25) is 0 Å². The standard InChI is InChI=1S/C25H30N4O3/c1-4-6-23(30)29(14-12-24(31)32)22-16-17(2)20(15-18(22)3)7-5-13-28-21-10-8-19(9-11-21)25(26)27/h8-11,15-16,28H,4,6,12-14H2,1-3H3,(H3,26,27)(H,31,32). The monoisotopic (exact) mass is 434 g/mol. The van der Waals surface area contributed by atoms with Crippen molar-refractivity contribution in [1.29, 1.82) is 5.41 Å². The Bertz CT molecular complexity index is 1050. The lowest BCUT2D eigenvalue weighted by molar-refractivity contribution is -0.136. The number of aryl methyl sites for hydroxylation is 2. The lowest BCUT2D eigenvalue weighted by Crippen LogP contribution is -2.33. The lowest BCUT2D eigenvalue weighted by atomic mass is 10.0. The third-order valence-corrected chi connectivity index (χ3v) is 4.95. The number of aliphatic carboxylic acids is 1. The molecule has 0 bridgehead atoms. The van der Waals surface area contributed by atoms with Gasteiger partial charge in [-0.25, -0.2) is 0 Å². The minimum absolute atomic E-state index is 0.0311. The Kier molecular flexibility index (Phi) is 8.84. The van der Waals surface area contributed by atoms with E-state index < -0.39 is 5.97 Å². The summed E-state index contributed by atoms with van der Waals surface area (Å²) in [5.74, 6) is 5.29. The zero-order valence-electron chi connectivity index (χ0n) is 18.8. The first-order valence-corrected chi connectivity index (χ1v) is 10.5. The van der Waals surface area contributed by atoms with Crippen molar-refractivity contribution in [2.45, 2.75) is 40.0 Å². The molecule has 5 N–H and O–H groups in total. The van der Waals surface area contributed by atoms with Crippen molar-refractivity contribution in [3.63, 3.8) is 0 Å². The fourth-order valence-corrected chi connectivity index (χ4v) is 3.22. The summed E-state index contributed by atoms with van der Waals surface area (Å²) in [7, 11) is 0. The summed E-state index contributed by atoms with van der Waals surface area (Å²) in [5, 5.41) is 19.7. The van der Waals surface area contributed by atoms with Crippen LogP contribution in [0.25, 0.3) is 0 Å². The van der Waals surface area contributed by atoms with E-state index in [4.69, 9.17) is 16.2 Å². The number of hydrogen-bond donors (Lipinski definition) is 4. The van der Waals surface area contributed by atoms with Gasteiger partial charge < -0.3 is 21.1 Å². The van der Waals surface area contributed by atoms with Gasteiger partial charge in [0.1, 0.15) is 5.84 Å². The van der Waals surface area contributed by atoms with Gasteiger partial charge in [0.05, 0.1) is 13.0 Å². The van der Waals surface area contributed by atoms with E-state index >= 15 is 0 Å². The molecule has 0 radical (unpaired) electrons. The number of nitrogen functional groups attached to an aromatic ring is 1. The van der Waals surface area contributed by atoms with Gasteiger partial charge in [-0.2, -0.15) is 0 Å². The normalized spacial score (nSPS) is 10.1. The van der Waals surface area contributed by atoms with Gasteiger partial charge in [-0.1, -0.05) is 18.8 Å². The smallest absolute Gasteiger partial charge is 0.305 e. The molecule has 168 valence electrons. The molecule has 7 nitrogen and oxygen atoms in total. The highest BCUT2D eigenvalue weighted by atomic mass is 16.4. The zero-order chi connectivity index (χ0) is 23.7. The maximum Gasteiger partial charge on any atom is 0.305 e. The average Bonchev–Trinajstić information content (AvgIpc) is 2.74. The number of nitrogens with two attached hydrogens (primary N) is 1. The summed E-state index contributed by atoms with van der Waals surface area (Å²) in [6.07, 6.45) is 0.974. The van der Waals surface area contributed by atoms with Gasteiger partial charge in [0, 0.05) is 35.5 Å². The summed E-state index contributed by atoms with van der Waals surface area (Å²) in [4.78, 5) is 25.2. The first kappa shape index (κ1) is 24.5. The summed E-state index contributed by atoms with van der Waals surface area (Å²) in [6.45, 7) is 6.35. The third-order valence-electron chi connectivity index (χ3n) is 4.95. The molecular formula is C25H30N4O3. The lowest BCUT2D eigenvalue weighted by Gasteiger charge is -2.25. The summed E-state index contributed by atoms with van der Waals surface area (Å²) in [6, 6.07) is 11.1. The molecule has 0 unspecified atom stereocenters. The maximum atomic E-state index is 12.6. The largest absolute Gasteiger partial charge is 0.481 e. The number of nitrogens with zero attached hydrogens (tertiary/aromatic N) is 1. The van der Waals surface area contributed by atoms with E-state index in [1.165, 1.54) is 0 Å². The Morgan fingerprint density at radius 1 is 1.12 bits per heavy atom. The van der Waals surface area contributed by atoms with Gasteiger partial charge in [-0.15, -0.1) is 0 Å². The van der Waals surface area contributed by atoms with Crippen LogP contribution in [0.15, 0.2) is 36.4 Å². The van der Waals surface area contributed by atoms with E-state index in [1.54, 1.807) is 17.0 Å². The van der Waals surface area contributed by atoms with Crippen molar-refractivity contribution >= 4 is 29.1 Å². The van der Waals surface area contributed by atoms with Crippen LogP contribution in [0.4, 0.5) is 11.4 Å². The van der Waals surface area contributed by atoms with E-state index in [1.807, 2.05) is 45.0 Å². The quantitative estimate of drug-likeness (QED) is 0.273. The van der Waals surface area contributed by atoms with Crippen molar-refractivity contribution in [3.05, 3.63) is 58.7 Å². The van der Waals surface area contributed by atoms with Gasteiger partial charge in [0.15, 0.2) is 0 Å².